The van der Waals surface area contributed by atoms with Crippen LogP contribution in [0.25, 0.3) is 0 Å². The number of allylic oxidation sites excluding steroid dienone is 2. The topological polar surface area (TPSA) is 84.2 Å². The number of nitriles is 1. The minimum absolute atomic E-state index is 0.0466. The molecule has 0 spiro atoms. The Labute approximate surface area is 229 Å². The molecule has 0 aromatic carbocycles. The minimum Gasteiger partial charge on any atom is -0.465 e. The number of ketones is 2. The van der Waals surface area contributed by atoms with Crippen molar-refractivity contribution in [2.45, 2.75) is 107 Å². The predicted octanol–water partition coefficient (Wildman–Crippen LogP) is 6.85. The van der Waals surface area contributed by atoms with Gasteiger partial charge in [0.05, 0.1) is 12.2 Å². The van der Waals surface area contributed by atoms with Gasteiger partial charge in [-0.15, -0.1) is 0 Å². The lowest BCUT2D eigenvalue weighted by Crippen LogP contribution is -2.69. The maximum absolute atomic E-state index is 14.5. The molecule has 0 saturated heterocycles. The summed E-state index contributed by atoms with van der Waals surface area (Å²) in [5.41, 5.74) is -0.950. The second-order valence-electron chi connectivity index (χ2n) is 15.8. The quantitative estimate of drug-likeness (QED) is 0.371. The molecule has 0 N–H and O–H groups in total. The molecule has 0 aromatic rings. The van der Waals surface area contributed by atoms with E-state index in [1.807, 2.05) is 19.9 Å². The number of nitrogens with zero attached hydrogens (tertiary/aromatic N) is 1. The largest absolute Gasteiger partial charge is 0.465 e. The van der Waals surface area contributed by atoms with Crippen LogP contribution < -0.4 is 0 Å². The number of carbonyl (C=O) groups is 3. The third kappa shape index (κ3) is 3.50. The Morgan fingerprint density at radius 3 is 2.26 bits per heavy atom. The highest BCUT2D eigenvalue weighted by atomic mass is 16.5. The van der Waals surface area contributed by atoms with E-state index in [4.69, 9.17) is 4.74 Å². The molecule has 1 unspecified atom stereocenters. The summed E-state index contributed by atoms with van der Waals surface area (Å²) in [6.07, 6.45) is 9.42. The number of carbonyl (C=O) groups excluding carboxylic acids is 3. The summed E-state index contributed by atoms with van der Waals surface area (Å²) in [4.78, 5) is 39.6. The number of fused-ring (bicyclic) bond motifs is 7. The Morgan fingerprint density at radius 2 is 1.63 bits per heavy atom. The smallest absolute Gasteiger partial charge is 0.302 e. The number of rotatable bonds is 2. The maximum Gasteiger partial charge on any atom is 0.302 e. The first-order valence-electron chi connectivity index (χ1n) is 14.8. The monoisotopic (exact) mass is 521 g/mol. The zero-order valence-corrected chi connectivity index (χ0v) is 24.8. The lowest BCUT2D eigenvalue weighted by molar-refractivity contribution is -0.227. The van der Waals surface area contributed by atoms with Crippen molar-refractivity contribution in [3.05, 3.63) is 11.6 Å². The highest BCUT2D eigenvalue weighted by Gasteiger charge is 2.72. The van der Waals surface area contributed by atoms with E-state index in [0.29, 0.717) is 18.8 Å². The lowest BCUT2D eigenvalue weighted by atomic mass is 9.31. The van der Waals surface area contributed by atoms with Gasteiger partial charge >= 0.3 is 5.97 Å². The molecule has 4 saturated carbocycles. The van der Waals surface area contributed by atoms with Crippen LogP contribution in [0.4, 0.5) is 0 Å². The van der Waals surface area contributed by atoms with Gasteiger partial charge in [0.1, 0.15) is 11.9 Å². The van der Waals surface area contributed by atoms with Gasteiger partial charge in [-0.05, 0) is 84.4 Å². The molecule has 5 aliphatic rings. The molecule has 0 radical (unpaired) electrons. The van der Waals surface area contributed by atoms with Gasteiger partial charge in [-0.1, -0.05) is 54.5 Å². The van der Waals surface area contributed by atoms with E-state index < -0.39 is 5.41 Å². The van der Waals surface area contributed by atoms with Gasteiger partial charge in [0.15, 0.2) is 5.78 Å². The number of Topliss-reactive ketones (excluding diaryl/α,β-unsaturated/α-hetero) is 2. The van der Waals surface area contributed by atoms with Crippen LogP contribution in [0.5, 0.6) is 0 Å². The molecule has 208 valence electrons. The van der Waals surface area contributed by atoms with E-state index in [1.165, 1.54) is 6.92 Å². The molecule has 5 nitrogen and oxygen atoms in total. The second-order valence-corrected chi connectivity index (χ2v) is 15.8. The van der Waals surface area contributed by atoms with E-state index in [0.717, 1.165) is 44.9 Å². The Bertz CT molecular complexity index is 1160. The molecule has 5 rings (SSSR count). The number of hydrogen-bond acceptors (Lipinski definition) is 5. The third-order valence-electron chi connectivity index (χ3n) is 13.2. The van der Waals surface area contributed by atoms with Crippen molar-refractivity contribution in [2.24, 2.45) is 56.2 Å². The summed E-state index contributed by atoms with van der Waals surface area (Å²) in [6.45, 7) is 17.6. The van der Waals surface area contributed by atoms with Crippen LogP contribution in [-0.4, -0.2) is 24.1 Å². The van der Waals surface area contributed by atoms with E-state index >= 15 is 0 Å². The van der Waals surface area contributed by atoms with E-state index in [1.54, 1.807) is 0 Å². The Hall–Kier alpha value is -1.96. The molecule has 5 heteroatoms. The van der Waals surface area contributed by atoms with Crippen molar-refractivity contribution >= 4 is 17.5 Å². The maximum atomic E-state index is 14.5. The fourth-order valence-corrected chi connectivity index (χ4v) is 10.9. The Balaban J connectivity index is 1.61. The van der Waals surface area contributed by atoms with Gasteiger partial charge in [-0.3, -0.25) is 14.4 Å². The minimum atomic E-state index is -0.615. The molecule has 38 heavy (non-hydrogen) atoms. The standard InChI is InChI=1S/C33H47NO4/c1-20(35)38-19-33-13-11-28(2,3)17-22(33)26-23(36)15-25-30(6)16-21(18-34)27(37)29(4,5)24(30)9-10-31(25,7)32(26,8)12-14-33/h16,22,24-26H,9-15,17,19H2,1-8H3/t22-,24+,25?,26+,30+,31-,32-,33-/m1/s1. The van der Waals surface area contributed by atoms with Gasteiger partial charge < -0.3 is 4.74 Å². The summed E-state index contributed by atoms with van der Waals surface area (Å²) in [5, 5.41) is 9.90. The van der Waals surface area contributed by atoms with Crippen molar-refractivity contribution < 1.29 is 19.1 Å². The molecule has 4 fully saturated rings. The first-order valence-corrected chi connectivity index (χ1v) is 14.8. The fraction of sp³-hybridized carbons (Fsp3) is 0.818. The molecule has 0 heterocycles. The Kier molecular flexibility index (Phi) is 6.01. The van der Waals surface area contributed by atoms with Crippen LogP contribution in [0, 0.1) is 67.5 Å². The molecule has 0 aromatic heterocycles. The van der Waals surface area contributed by atoms with Crippen LogP contribution in [0.2, 0.25) is 0 Å². The van der Waals surface area contributed by atoms with E-state index in [2.05, 4.69) is 40.7 Å². The van der Waals surface area contributed by atoms with E-state index in [9.17, 15) is 19.6 Å². The molecular formula is C33H47NO4. The van der Waals surface area contributed by atoms with Crippen molar-refractivity contribution in [1.82, 2.24) is 0 Å². The number of ether oxygens (including phenoxy) is 1. The van der Waals surface area contributed by atoms with Crippen molar-refractivity contribution in [2.75, 3.05) is 6.61 Å². The van der Waals surface area contributed by atoms with Gasteiger partial charge in [-0.25, -0.2) is 0 Å². The van der Waals surface area contributed by atoms with Crippen LogP contribution in [0.15, 0.2) is 11.6 Å². The summed E-state index contributed by atoms with van der Waals surface area (Å²) in [7, 11) is 0. The first-order chi connectivity index (χ1) is 17.5. The van der Waals surface area contributed by atoms with Crippen molar-refractivity contribution in [3.63, 3.8) is 0 Å². The van der Waals surface area contributed by atoms with Gasteiger partial charge in [0.25, 0.3) is 0 Å². The predicted molar refractivity (Wildman–Crippen MR) is 146 cm³/mol. The molecule has 0 bridgehead atoms. The van der Waals surface area contributed by atoms with Crippen molar-refractivity contribution in [1.29, 1.82) is 5.26 Å². The number of esters is 1. The third-order valence-corrected chi connectivity index (χ3v) is 13.2. The van der Waals surface area contributed by atoms with E-state index in [-0.39, 0.29) is 68.1 Å². The van der Waals surface area contributed by atoms with Crippen LogP contribution >= 0.6 is 0 Å². The van der Waals surface area contributed by atoms with Gasteiger partial charge in [0, 0.05) is 30.1 Å². The highest BCUT2D eigenvalue weighted by Crippen LogP contribution is 2.75. The normalized spacial score (nSPS) is 46.9. The molecular weight excluding hydrogens is 474 g/mol. The average molecular weight is 522 g/mol. The summed E-state index contributed by atoms with van der Waals surface area (Å²) < 4.78 is 5.71. The Morgan fingerprint density at radius 1 is 0.974 bits per heavy atom. The molecule has 8 atom stereocenters. The first kappa shape index (κ1) is 27.6. The summed E-state index contributed by atoms with van der Waals surface area (Å²) >= 11 is 0. The van der Waals surface area contributed by atoms with Crippen LogP contribution in [-0.2, 0) is 19.1 Å². The highest BCUT2D eigenvalue weighted by molar-refractivity contribution is 6.04. The van der Waals surface area contributed by atoms with Crippen LogP contribution in [0.3, 0.4) is 0 Å². The van der Waals surface area contributed by atoms with Crippen molar-refractivity contribution in [3.8, 4) is 6.07 Å². The van der Waals surface area contributed by atoms with Gasteiger partial charge in [-0.2, -0.15) is 5.26 Å². The van der Waals surface area contributed by atoms with Gasteiger partial charge in [0.2, 0.25) is 0 Å². The molecule has 0 aliphatic heterocycles. The SMILES string of the molecule is CC(=O)OC[C@]12CCC(C)(C)C[C@@H]1[C@H]1C(=O)CC3[C@@]4(C)C=C(C#N)C(=O)C(C)(C)[C@@H]4CC[C@@]3(C)[C@]1(C)CC2. The average Bonchev–Trinajstić information content (AvgIpc) is 2.82. The zero-order chi connectivity index (χ0) is 28.1. The molecule has 0 amide bonds. The zero-order valence-electron chi connectivity index (χ0n) is 24.8. The fourth-order valence-electron chi connectivity index (χ4n) is 10.9. The lowest BCUT2D eigenvalue weighted by Gasteiger charge is -2.72. The second kappa shape index (κ2) is 8.28. The molecule has 5 aliphatic carbocycles. The van der Waals surface area contributed by atoms with Crippen LogP contribution in [0.1, 0.15) is 107 Å². The summed E-state index contributed by atoms with van der Waals surface area (Å²) in [5.74, 6) is 0.434. The number of hydrogen-bond donors (Lipinski definition) is 0. The summed E-state index contributed by atoms with van der Waals surface area (Å²) in [6, 6.07) is 2.21.